The van der Waals surface area contributed by atoms with Crippen molar-refractivity contribution in [1.29, 1.82) is 0 Å². The monoisotopic (exact) mass is 228 g/mol. The number of aromatic nitrogens is 2. The summed E-state index contributed by atoms with van der Waals surface area (Å²) in [4.78, 5) is 4.25. The first-order valence-corrected chi connectivity index (χ1v) is 4.96. The summed E-state index contributed by atoms with van der Waals surface area (Å²) in [7, 11) is 1.73. The van der Waals surface area contributed by atoms with Crippen LogP contribution in [0.25, 0.3) is 11.0 Å². The predicted molar refractivity (Wildman–Crippen MR) is 55.1 cm³/mol. The van der Waals surface area contributed by atoms with Crippen LogP contribution in [-0.2, 0) is 19.6 Å². The molecule has 2 rings (SSSR count). The molecule has 1 aromatic heterocycles. The third-order valence-corrected chi connectivity index (χ3v) is 2.62. The van der Waals surface area contributed by atoms with Gasteiger partial charge >= 0.3 is 6.18 Å². The van der Waals surface area contributed by atoms with Crippen molar-refractivity contribution >= 4 is 11.0 Å². The third kappa shape index (κ3) is 1.66. The second-order valence-electron chi connectivity index (χ2n) is 3.64. The maximum Gasteiger partial charge on any atom is 0.416 e. The number of halogens is 3. The van der Waals surface area contributed by atoms with E-state index in [9.17, 15) is 13.2 Å². The van der Waals surface area contributed by atoms with Gasteiger partial charge in [-0.3, -0.25) is 0 Å². The zero-order valence-electron chi connectivity index (χ0n) is 8.97. The van der Waals surface area contributed by atoms with E-state index >= 15 is 0 Å². The van der Waals surface area contributed by atoms with E-state index in [1.165, 1.54) is 6.07 Å². The molecule has 0 aliphatic rings. The molecule has 5 heteroatoms. The molecule has 0 aliphatic carbocycles. The highest BCUT2D eigenvalue weighted by atomic mass is 19.4. The number of benzene rings is 1. The summed E-state index contributed by atoms with van der Waals surface area (Å²) in [6.45, 7) is 1.92. The van der Waals surface area contributed by atoms with Gasteiger partial charge in [0.1, 0.15) is 5.82 Å². The van der Waals surface area contributed by atoms with Gasteiger partial charge in [-0.1, -0.05) is 6.92 Å². The molecule has 0 bridgehead atoms. The summed E-state index contributed by atoms with van der Waals surface area (Å²) < 4.78 is 39.2. The first-order chi connectivity index (χ1) is 7.43. The van der Waals surface area contributed by atoms with Crippen LogP contribution in [0.4, 0.5) is 13.2 Å². The molecular formula is C11H11F3N2. The Morgan fingerprint density at radius 1 is 1.31 bits per heavy atom. The molecule has 0 N–H and O–H groups in total. The zero-order chi connectivity index (χ0) is 11.9. The van der Waals surface area contributed by atoms with E-state index in [1.807, 2.05) is 6.92 Å². The Morgan fingerprint density at radius 3 is 2.56 bits per heavy atom. The van der Waals surface area contributed by atoms with E-state index in [4.69, 9.17) is 0 Å². The smallest absolute Gasteiger partial charge is 0.331 e. The van der Waals surface area contributed by atoms with Gasteiger partial charge in [0.15, 0.2) is 0 Å². The molecule has 0 saturated heterocycles. The molecule has 86 valence electrons. The van der Waals surface area contributed by atoms with Crippen LogP contribution >= 0.6 is 0 Å². The van der Waals surface area contributed by atoms with Crippen LogP contribution in [0.1, 0.15) is 18.3 Å². The van der Waals surface area contributed by atoms with Crippen LogP contribution < -0.4 is 0 Å². The van der Waals surface area contributed by atoms with E-state index in [2.05, 4.69) is 4.98 Å². The minimum Gasteiger partial charge on any atom is -0.331 e. The Hall–Kier alpha value is -1.52. The van der Waals surface area contributed by atoms with E-state index in [1.54, 1.807) is 11.6 Å². The number of rotatable bonds is 1. The summed E-state index contributed by atoms with van der Waals surface area (Å²) in [5, 5.41) is 0. The van der Waals surface area contributed by atoms with Gasteiger partial charge in [0.05, 0.1) is 16.6 Å². The normalized spacial score (nSPS) is 12.3. The number of fused-ring (bicyclic) bond motifs is 1. The number of hydrogen-bond donors (Lipinski definition) is 0. The van der Waals surface area contributed by atoms with Crippen LogP contribution in [0.15, 0.2) is 18.2 Å². The average molecular weight is 228 g/mol. The lowest BCUT2D eigenvalue weighted by Crippen LogP contribution is -2.04. The average Bonchev–Trinajstić information content (AvgIpc) is 2.54. The summed E-state index contributed by atoms with van der Waals surface area (Å²) in [5.41, 5.74) is 0.490. The Bertz CT molecular complexity index is 526. The van der Waals surface area contributed by atoms with Gasteiger partial charge in [-0.25, -0.2) is 4.98 Å². The van der Waals surface area contributed by atoms with Crippen LogP contribution in [0.3, 0.4) is 0 Å². The number of hydrogen-bond acceptors (Lipinski definition) is 1. The molecule has 0 saturated carbocycles. The topological polar surface area (TPSA) is 17.8 Å². The van der Waals surface area contributed by atoms with Crippen LogP contribution in [0.2, 0.25) is 0 Å². The molecule has 0 amide bonds. The fourth-order valence-corrected chi connectivity index (χ4v) is 1.73. The Balaban J connectivity index is 2.66. The maximum atomic E-state index is 12.5. The lowest BCUT2D eigenvalue weighted by Gasteiger charge is -2.06. The quantitative estimate of drug-likeness (QED) is 0.733. The maximum absolute atomic E-state index is 12.5. The van der Waals surface area contributed by atoms with Crippen molar-refractivity contribution < 1.29 is 13.2 Å². The highest BCUT2D eigenvalue weighted by molar-refractivity contribution is 5.77. The molecular weight excluding hydrogens is 217 g/mol. The minimum absolute atomic E-state index is 0.520. The fourth-order valence-electron chi connectivity index (χ4n) is 1.73. The van der Waals surface area contributed by atoms with Crippen LogP contribution in [-0.4, -0.2) is 9.55 Å². The summed E-state index contributed by atoms with van der Waals surface area (Å²) in [6.07, 6.45) is -3.60. The SMILES string of the molecule is CCc1nc2ccc(C(F)(F)F)cc2n1C. The van der Waals surface area contributed by atoms with Gasteiger partial charge in [-0.05, 0) is 18.2 Å². The van der Waals surface area contributed by atoms with Crippen molar-refractivity contribution in [3.8, 4) is 0 Å². The summed E-state index contributed by atoms with van der Waals surface area (Å²) in [6, 6.07) is 3.62. The van der Waals surface area contributed by atoms with Gasteiger partial charge in [0.2, 0.25) is 0 Å². The second kappa shape index (κ2) is 3.50. The van der Waals surface area contributed by atoms with E-state index in [0.717, 1.165) is 18.0 Å². The molecule has 0 aliphatic heterocycles. The van der Waals surface area contributed by atoms with Crippen molar-refractivity contribution in [3.63, 3.8) is 0 Å². The van der Waals surface area contributed by atoms with Crippen molar-refractivity contribution in [1.82, 2.24) is 9.55 Å². The highest BCUT2D eigenvalue weighted by Gasteiger charge is 2.30. The molecule has 2 nitrogen and oxygen atoms in total. The number of nitrogens with zero attached hydrogens (tertiary/aromatic N) is 2. The Labute approximate surface area is 90.7 Å². The second-order valence-corrected chi connectivity index (χ2v) is 3.64. The molecule has 1 aromatic carbocycles. The largest absolute Gasteiger partial charge is 0.416 e. The van der Waals surface area contributed by atoms with Crippen molar-refractivity contribution in [3.05, 3.63) is 29.6 Å². The van der Waals surface area contributed by atoms with Crippen LogP contribution in [0, 0.1) is 0 Å². The molecule has 0 radical (unpaired) electrons. The van der Waals surface area contributed by atoms with Crippen molar-refractivity contribution in [2.75, 3.05) is 0 Å². The predicted octanol–water partition coefficient (Wildman–Crippen LogP) is 3.15. The molecule has 0 fully saturated rings. The van der Waals surface area contributed by atoms with Crippen molar-refractivity contribution in [2.24, 2.45) is 7.05 Å². The number of aryl methyl sites for hydroxylation is 2. The van der Waals surface area contributed by atoms with Crippen molar-refractivity contribution in [2.45, 2.75) is 19.5 Å². The van der Waals surface area contributed by atoms with Gasteiger partial charge in [-0.15, -0.1) is 0 Å². The first kappa shape index (κ1) is 11.0. The van der Waals surface area contributed by atoms with Gasteiger partial charge in [0, 0.05) is 13.5 Å². The molecule has 16 heavy (non-hydrogen) atoms. The summed E-state index contributed by atoms with van der Waals surface area (Å²) in [5.74, 6) is 0.786. The minimum atomic E-state index is -4.30. The highest BCUT2D eigenvalue weighted by Crippen LogP contribution is 2.31. The number of imidazole rings is 1. The summed E-state index contributed by atoms with van der Waals surface area (Å²) >= 11 is 0. The van der Waals surface area contributed by atoms with Gasteiger partial charge < -0.3 is 4.57 Å². The molecule has 1 heterocycles. The fraction of sp³-hybridized carbons (Fsp3) is 0.364. The van der Waals surface area contributed by atoms with E-state index in [0.29, 0.717) is 17.5 Å². The van der Waals surface area contributed by atoms with Crippen LogP contribution in [0.5, 0.6) is 0 Å². The Kier molecular flexibility index (Phi) is 2.40. The lowest BCUT2D eigenvalue weighted by atomic mass is 10.2. The van der Waals surface area contributed by atoms with Gasteiger partial charge in [-0.2, -0.15) is 13.2 Å². The van der Waals surface area contributed by atoms with Gasteiger partial charge in [0.25, 0.3) is 0 Å². The lowest BCUT2D eigenvalue weighted by molar-refractivity contribution is -0.137. The molecule has 2 aromatic rings. The Morgan fingerprint density at radius 2 is 2.00 bits per heavy atom. The number of alkyl halides is 3. The first-order valence-electron chi connectivity index (χ1n) is 4.96. The van der Waals surface area contributed by atoms with E-state index in [-0.39, 0.29) is 0 Å². The van der Waals surface area contributed by atoms with E-state index < -0.39 is 11.7 Å². The molecule has 0 atom stereocenters. The third-order valence-electron chi connectivity index (χ3n) is 2.62. The molecule has 0 spiro atoms. The molecule has 0 unspecified atom stereocenters. The standard InChI is InChI=1S/C11H11F3N2/c1-3-10-15-8-5-4-7(11(12,13)14)6-9(8)16(10)2/h4-6H,3H2,1-2H3. The zero-order valence-corrected chi connectivity index (χ0v) is 8.97.